The van der Waals surface area contributed by atoms with Gasteiger partial charge in [0.25, 0.3) is 0 Å². The Morgan fingerprint density at radius 1 is 1.10 bits per heavy atom. The topological polar surface area (TPSA) is 75.6 Å². The molecule has 2 rings (SSSR count). The van der Waals surface area contributed by atoms with Gasteiger partial charge >= 0.3 is 12.1 Å². The molecule has 5 heteroatoms. The van der Waals surface area contributed by atoms with Crippen LogP contribution in [0.3, 0.4) is 0 Å². The van der Waals surface area contributed by atoms with E-state index in [9.17, 15) is 14.7 Å². The van der Waals surface area contributed by atoms with Crippen molar-refractivity contribution in [1.82, 2.24) is 5.32 Å². The van der Waals surface area contributed by atoms with Crippen LogP contribution in [0.1, 0.15) is 59.3 Å². The molecule has 1 atom stereocenters. The van der Waals surface area contributed by atoms with E-state index >= 15 is 0 Å². The fraction of sp³-hybridized carbons (Fsp3) is 0.875. The van der Waals surface area contributed by atoms with Crippen molar-refractivity contribution in [2.75, 3.05) is 0 Å². The number of carboxylic acid groups (broad SMARTS) is 1. The second-order valence-electron chi connectivity index (χ2n) is 7.42. The van der Waals surface area contributed by atoms with Gasteiger partial charge in [0.2, 0.25) is 0 Å². The van der Waals surface area contributed by atoms with E-state index in [2.05, 4.69) is 5.32 Å². The average Bonchev–Trinajstić information content (AvgIpc) is 2.16. The summed E-state index contributed by atoms with van der Waals surface area (Å²) in [4.78, 5) is 23.6. The molecule has 5 nitrogen and oxygen atoms in total. The maximum absolute atomic E-state index is 11.9. The lowest BCUT2D eigenvalue weighted by Crippen LogP contribution is -2.53. The van der Waals surface area contributed by atoms with Crippen molar-refractivity contribution >= 4 is 12.1 Å². The molecule has 2 aliphatic carbocycles. The van der Waals surface area contributed by atoms with Gasteiger partial charge in [-0.25, -0.2) is 9.59 Å². The van der Waals surface area contributed by atoms with Crippen molar-refractivity contribution in [2.45, 2.75) is 70.9 Å². The zero-order valence-corrected chi connectivity index (χ0v) is 13.2. The van der Waals surface area contributed by atoms with Gasteiger partial charge in [0.05, 0.1) is 0 Å². The van der Waals surface area contributed by atoms with Crippen LogP contribution in [-0.2, 0) is 9.53 Å². The quantitative estimate of drug-likeness (QED) is 0.817. The van der Waals surface area contributed by atoms with Gasteiger partial charge in [-0.1, -0.05) is 38.5 Å². The average molecular weight is 297 g/mol. The molecule has 0 radical (unpaired) electrons. The van der Waals surface area contributed by atoms with Crippen LogP contribution in [0.15, 0.2) is 0 Å². The monoisotopic (exact) mass is 297 g/mol. The summed E-state index contributed by atoms with van der Waals surface area (Å²) >= 11 is 0. The Balaban J connectivity index is 2.04. The van der Waals surface area contributed by atoms with E-state index in [4.69, 9.17) is 4.74 Å². The maximum Gasteiger partial charge on any atom is 0.408 e. The van der Waals surface area contributed by atoms with Gasteiger partial charge in [0, 0.05) is 0 Å². The number of carbonyl (C=O) groups is 2. The van der Waals surface area contributed by atoms with Gasteiger partial charge in [-0.05, 0) is 38.5 Å². The number of carboxylic acids is 1. The molecule has 2 fully saturated rings. The zero-order valence-electron chi connectivity index (χ0n) is 13.2. The summed E-state index contributed by atoms with van der Waals surface area (Å²) in [5.41, 5.74) is -0.616. The van der Waals surface area contributed by atoms with Gasteiger partial charge in [-0.3, -0.25) is 0 Å². The number of alkyl carbamates (subject to hydrolysis) is 1. The van der Waals surface area contributed by atoms with Crippen LogP contribution in [0.5, 0.6) is 0 Å². The summed E-state index contributed by atoms with van der Waals surface area (Å²) in [5, 5.41) is 12.2. The normalized spacial score (nSPS) is 21.3. The summed E-state index contributed by atoms with van der Waals surface area (Å²) in [5.74, 6) is -0.0140. The third-order valence-electron chi connectivity index (χ3n) is 4.71. The summed E-state index contributed by atoms with van der Waals surface area (Å²) in [7, 11) is 0. The highest BCUT2D eigenvalue weighted by Gasteiger charge is 2.44. The summed E-state index contributed by atoms with van der Waals surface area (Å²) in [6.07, 6.45) is 6.06. The Kier molecular flexibility index (Phi) is 4.79. The van der Waals surface area contributed by atoms with Gasteiger partial charge in [0.15, 0.2) is 0 Å². The predicted octanol–water partition coefficient (Wildman–Crippen LogP) is 3.18. The lowest BCUT2D eigenvalue weighted by atomic mass is 9.62. The van der Waals surface area contributed by atoms with E-state index in [0.717, 1.165) is 25.7 Å². The zero-order chi connectivity index (χ0) is 15.6. The van der Waals surface area contributed by atoms with Crippen LogP contribution < -0.4 is 5.32 Å². The van der Waals surface area contributed by atoms with E-state index in [1.807, 2.05) is 0 Å². The Morgan fingerprint density at radius 2 is 1.57 bits per heavy atom. The molecular formula is C16H27NO4. The van der Waals surface area contributed by atoms with Gasteiger partial charge in [-0.15, -0.1) is 0 Å². The molecule has 0 aromatic heterocycles. The van der Waals surface area contributed by atoms with Crippen molar-refractivity contribution in [1.29, 1.82) is 0 Å². The van der Waals surface area contributed by atoms with Crippen LogP contribution in [0.2, 0.25) is 0 Å². The third kappa shape index (κ3) is 4.11. The highest BCUT2D eigenvalue weighted by molar-refractivity contribution is 5.80. The molecular weight excluding hydrogens is 270 g/mol. The number of rotatable bonds is 5. The molecule has 2 aliphatic rings. The smallest absolute Gasteiger partial charge is 0.408 e. The molecule has 0 spiro atoms. The molecule has 1 amide bonds. The molecule has 21 heavy (non-hydrogen) atoms. The molecule has 120 valence electrons. The van der Waals surface area contributed by atoms with E-state index in [1.54, 1.807) is 20.8 Å². The van der Waals surface area contributed by atoms with Crippen LogP contribution in [0, 0.1) is 17.8 Å². The van der Waals surface area contributed by atoms with Crippen molar-refractivity contribution in [3.63, 3.8) is 0 Å². The first-order valence-corrected chi connectivity index (χ1v) is 8.00. The van der Waals surface area contributed by atoms with Gasteiger partial charge < -0.3 is 15.2 Å². The SMILES string of the molecule is CC(C)(C)OC(=O)N[C@@H](C(=O)O)C(C1CCC1)C1CCC1. The van der Waals surface area contributed by atoms with E-state index in [0.29, 0.717) is 11.8 Å². The molecule has 2 N–H and O–H groups in total. The highest BCUT2D eigenvalue weighted by atomic mass is 16.6. The van der Waals surface area contributed by atoms with Crippen LogP contribution >= 0.6 is 0 Å². The molecule has 0 heterocycles. The molecule has 0 bridgehead atoms. The second kappa shape index (κ2) is 6.24. The Hall–Kier alpha value is -1.26. The third-order valence-corrected chi connectivity index (χ3v) is 4.71. The standard InChI is InChI=1S/C16H27NO4/c1-16(2,3)21-15(20)17-13(14(18)19)12(10-6-4-7-10)11-8-5-9-11/h10-13H,4-9H2,1-3H3,(H,17,20)(H,18,19)/t13-/m1/s1. The van der Waals surface area contributed by atoms with Crippen LogP contribution in [0.25, 0.3) is 0 Å². The summed E-state index contributed by atoms with van der Waals surface area (Å²) in [6, 6.07) is -0.824. The highest BCUT2D eigenvalue weighted by Crippen LogP contribution is 2.46. The van der Waals surface area contributed by atoms with Gasteiger partial charge in [-0.2, -0.15) is 0 Å². The Morgan fingerprint density at radius 3 is 1.86 bits per heavy atom. The minimum atomic E-state index is -0.940. The molecule has 0 aromatic carbocycles. The van der Waals surface area contributed by atoms with E-state index in [-0.39, 0.29) is 5.92 Å². The molecule has 0 unspecified atom stereocenters. The number of amides is 1. The number of hydrogen-bond acceptors (Lipinski definition) is 3. The second-order valence-corrected chi connectivity index (χ2v) is 7.42. The van der Waals surface area contributed by atoms with E-state index < -0.39 is 23.7 Å². The fourth-order valence-corrected chi connectivity index (χ4v) is 3.34. The van der Waals surface area contributed by atoms with Crippen molar-refractivity contribution in [3.05, 3.63) is 0 Å². The Labute approximate surface area is 126 Å². The summed E-state index contributed by atoms with van der Waals surface area (Å²) in [6.45, 7) is 5.33. The lowest BCUT2D eigenvalue weighted by molar-refractivity contribution is -0.143. The van der Waals surface area contributed by atoms with Crippen molar-refractivity contribution in [2.24, 2.45) is 17.8 Å². The molecule has 0 saturated heterocycles. The fourth-order valence-electron chi connectivity index (χ4n) is 3.34. The first-order chi connectivity index (χ1) is 9.78. The minimum Gasteiger partial charge on any atom is -0.480 e. The lowest BCUT2D eigenvalue weighted by Gasteiger charge is -2.45. The maximum atomic E-state index is 11.9. The number of aliphatic carboxylic acids is 1. The van der Waals surface area contributed by atoms with E-state index in [1.165, 1.54) is 12.8 Å². The number of carbonyl (C=O) groups excluding carboxylic acids is 1. The van der Waals surface area contributed by atoms with Crippen molar-refractivity contribution < 1.29 is 19.4 Å². The first kappa shape index (κ1) is 16.1. The number of hydrogen-bond donors (Lipinski definition) is 2. The van der Waals surface area contributed by atoms with Crippen LogP contribution in [-0.4, -0.2) is 28.8 Å². The minimum absolute atomic E-state index is 0.0533. The largest absolute Gasteiger partial charge is 0.480 e. The van der Waals surface area contributed by atoms with Crippen LogP contribution in [0.4, 0.5) is 4.79 Å². The first-order valence-electron chi connectivity index (χ1n) is 8.00. The Bertz CT molecular complexity index is 380. The molecule has 0 aliphatic heterocycles. The number of nitrogens with one attached hydrogen (secondary N) is 1. The van der Waals surface area contributed by atoms with Gasteiger partial charge in [0.1, 0.15) is 11.6 Å². The predicted molar refractivity (Wildman–Crippen MR) is 79.0 cm³/mol. The molecule has 0 aromatic rings. The molecule has 2 saturated carbocycles. The summed E-state index contributed by atoms with van der Waals surface area (Å²) < 4.78 is 5.22. The van der Waals surface area contributed by atoms with Crippen molar-refractivity contribution in [3.8, 4) is 0 Å². The number of ether oxygens (including phenoxy) is 1.